The largest absolute Gasteiger partial charge is 0.330 e. The van der Waals surface area contributed by atoms with Crippen LogP contribution in [0.15, 0.2) is 36.8 Å². The smallest absolute Gasteiger partial charge is 0.132 e. The summed E-state index contributed by atoms with van der Waals surface area (Å²) in [7, 11) is 0. The molecule has 1 aromatic carbocycles. The number of halogens is 1. The lowest BCUT2D eigenvalue weighted by Crippen LogP contribution is -2.05. The molecular weight excluding hydrogens is 205 g/mol. The summed E-state index contributed by atoms with van der Waals surface area (Å²) >= 11 is 0. The molecule has 0 aliphatic carbocycles. The highest BCUT2D eigenvalue weighted by Gasteiger charge is 2.09. The second kappa shape index (κ2) is 4.81. The predicted molar refractivity (Wildman–Crippen MR) is 60.2 cm³/mol. The van der Waals surface area contributed by atoms with Gasteiger partial charge < -0.3 is 5.73 Å². The van der Waals surface area contributed by atoms with Crippen molar-refractivity contribution >= 4 is 0 Å². The Morgan fingerprint density at radius 1 is 1.25 bits per heavy atom. The van der Waals surface area contributed by atoms with Crippen molar-refractivity contribution in [1.82, 2.24) is 9.97 Å². The van der Waals surface area contributed by atoms with Crippen LogP contribution >= 0.6 is 0 Å². The van der Waals surface area contributed by atoms with Crippen molar-refractivity contribution in [3.05, 3.63) is 48.2 Å². The number of nitrogens with two attached hydrogens (primary N) is 1. The van der Waals surface area contributed by atoms with Gasteiger partial charge in [-0.25, -0.2) is 14.4 Å². The summed E-state index contributed by atoms with van der Waals surface area (Å²) in [5.74, 6) is -0.278. The molecule has 0 spiro atoms. The average Bonchev–Trinajstić information content (AvgIpc) is 2.31. The maximum absolute atomic E-state index is 13.6. The average molecular weight is 217 g/mol. The Morgan fingerprint density at radius 2 is 2.06 bits per heavy atom. The number of aromatic nitrogens is 2. The maximum atomic E-state index is 13.6. The molecule has 0 saturated carbocycles. The molecule has 0 atom stereocenters. The standard InChI is InChI=1S/C12H12FN3/c13-11-4-2-1-3-10(11)12-9(5-6-14)7-15-8-16-12/h1-4,7-8H,5-6,14H2. The third kappa shape index (κ3) is 2.06. The first kappa shape index (κ1) is 10.7. The van der Waals surface area contributed by atoms with E-state index in [0.717, 1.165) is 5.56 Å². The van der Waals surface area contributed by atoms with Gasteiger partial charge >= 0.3 is 0 Å². The van der Waals surface area contributed by atoms with E-state index in [1.807, 2.05) is 0 Å². The highest BCUT2D eigenvalue weighted by Crippen LogP contribution is 2.23. The summed E-state index contributed by atoms with van der Waals surface area (Å²) in [5.41, 5.74) is 7.48. The third-order valence-electron chi connectivity index (χ3n) is 2.33. The molecule has 2 rings (SSSR count). The van der Waals surface area contributed by atoms with Crippen molar-refractivity contribution < 1.29 is 4.39 Å². The Labute approximate surface area is 93.2 Å². The Morgan fingerprint density at radius 3 is 2.81 bits per heavy atom. The van der Waals surface area contributed by atoms with Crippen molar-refractivity contribution in [3.63, 3.8) is 0 Å². The van der Waals surface area contributed by atoms with Gasteiger partial charge in [0.1, 0.15) is 12.1 Å². The number of hydrogen-bond acceptors (Lipinski definition) is 3. The van der Waals surface area contributed by atoms with E-state index in [1.54, 1.807) is 24.4 Å². The summed E-state index contributed by atoms with van der Waals surface area (Å²) in [6.45, 7) is 0.495. The Kier molecular flexibility index (Phi) is 3.22. The molecular formula is C12H12FN3. The molecule has 1 aromatic heterocycles. The molecule has 16 heavy (non-hydrogen) atoms. The van der Waals surface area contributed by atoms with Gasteiger partial charge in [0.2, 0.25) is 0 Å². The first-order valence-electron chi connectivity index (χ1n) is 5.07. The van der Waals surface area contributed by atoms with Crippen LogP contribution in [0.2, 0.25) is 0 Å². The Bertz CT molecular complexity index is 485. The molecule has 0 saturated heterocycles. The van der Waals surface area contributed by atoms with E-state index in [4.69, 9.17) is 5.73 Å². The molecule has 0 bridgehead atoms. The molecule has 4 heteroatoms. The van der Waals surface area contributed by atoms with Gasteiger partial charge in [0, 0.05) is 11.8 Å². The fourth-order valence-electron chi connectivity index (χ4n) is 1.59. The van der Waals surface area contributed by atoms with Gasteiger partial charge in [-0.1, -0.05) is 12.1 Å². The summed E-state index contributed by atoms with van der Waals surface area (Å²) in [6.07, 6.45) is 3.74. The first-order valence-corrected chi connectivity index (χ1v) is 5.07. The van der Waals surface area contributed by atoms with Crippen LogP contribution in [0.3, 0.4) is 0 Å². The summed E-state index contributed by atoms with van der Waals surface area (Å²) in [5, 5.41) is 0. The second-order valence-corrected chi connectivity index (χ2v) is 3.42. The van der Waals surface area contributed by atoms with Gasteiger partial charge in [0.15, 0.2) is 0 Å². The van der Waals surface area contributed by atoms with E-state index in [1.165, 1.54) is 12.4 Å². The minimum atomic E-state index is -0.278. The van der Waals surface area contributed by atoms with Crippen molar-refractivity contribution in [2.24, 2.45) is 5.73 Å². The minimum Gasteiger partial charge on any atom is -0.330 e. The van der Waals surface area contributed by atoms with Crippen molar-refractivity contribution in [2.45, 2.75) is 6.42 Å². The molecule has 0 aliphatic heterocycles. The van der Waals surface area contributed by atoms with Crippen LogP contribution in [0, 0.1) is 5.82 Å². The van der Waals surface area contributed by atoms with Gasteiger partial charge in [-0.15, -0.1) is 0 Å². The lowest BCUT2D eigenvalue weighted by atomic mass is 10.0. The monoisotopic (exact) mass is 217 g/mol. The van der Waals surface area contributed by atoms with Crippen LogP contribution in [0.25, 0.3) is 11.3 Å². The third-order valence-corrected chi connectivity index (χ3v) is 2.33. The predicted octanol–water partition coefficient (Wildman–Crippen LogP) is 1.78. The van der Waals surface area contributed by atoms with E-state index >= 15 is 0 Å². The molecule has 0 amide bonds. The summed E-state index contributed by atoms with van der Waals surface area (Å²) in [4.78, 5) is 8.05. The molecule has 0 fully saturated rings. The van der Waals surface area contributed by atoms with Gasteiger partial charge in [-0.2, -0.15) is 0 Å². The normalized spacial score (nSPS) is 10.4. The maximum Gasteiger partial charge on any atom is 0.132 e. The zero-order valence-corrected chi connectivity index (χ0v) is 8.73. The van der Waals surface area contributed by atoms with Gasteiger partial charge in [0.25, 0.3) is 0 Å². The summed E-state index contributed by atoms with van der Waals surface area (Å²) in [6, 6.07) is 6.57. The number of rotatable bonds is 3. The van der Waals surface area contributed by atoms with Crippen LogP contribution in [0.4, 0.5) is 4.39 Å². The first-order chi connectivity index (χ1) is 7.83. The fraction of sp³-hybridized carbons (Fsp3) is 0.167. The number of benzene rings is 1. The van der Waals surface area contributed by atoms with Gasteiger partial charge in [-0.3, -0.25) is 0 Å². The molecule has 2 aromatic rings. The second-order valence-electron chi connectivity index (χ2n) is 3.42. The highest BCUT2D eigenvalue weighted by atomic mass is 19.1. The lowest BCUT2D eigenvalue weighted by molar-refractivity contribution is 0.630. The van der Waals surface area contributed by atoms with E-state index in [9.17, 15) is 4.39 Å². The van der Waals surface area contributed by atoms with Crippen molar-refractivity contribution in [2.75, 3.05) is 6.54 Å². The lowest BCUT2D eigenvalue weighted by Gasteiger charge is -2.07. The molecule has 0 radical (unpaired) electrons. The molecule has 82 valence electrons. The highest BCUT2D eigenvalue weighted by molar-refractivity contribution is 5.63. The van der Waals surface area contributed by atoms with Gasteiger partial charge in [0.05, 0.1) is 5.69 Å². The molecule has 0 unspecified atom stereocenters. The SMILES string of the molecule is NCCc1cncnc1-c1ccccc1F. The molecule has 2 N–H and O–H groups in total. The quantitative estimate of drug-likeness (QED) is 0.852. The van der Waals surface area contributed by atoms with E-state index in [2.05, 4.69) is 9.97 Å². The Hall–Kier alpha value is -1.81. The number of nitrogens with zero attached hydrogens (tertiary/aromatic N) is 2. The van der Waals surface area contributed by atoms with Crippen LogP contribution in [-0.4, -0.2) is 16.5 Å². The van der Waals surface area contributed by atoms with Crippen LogP contribution < -0.4 is 5.73 Å². The van der Waals surface area contributed by atoms with Crippen molar-refractivity contribution in [1.29, 1.82) is 0 Å². The zero-order valence-electron chi connectivity index (χ0n) is 8.73. The molecule has 0 aliphatic rings. The zero-order chi connectivity index (χ0) is 11.4. The van der Waals surface area contributed by atoms with Crippen LogP contribution in [0.1, 0.15) is 5.56 Å². The molecule has 1 heterocycles. The van der Waals surface area contributed by atoms with Gasteiger partial charge in [-0.05, 0) is 30.7 Å². The van der Waals surface area contributed by atoms with Crippen LogP contribution in [-0.2, 0) is 6.42 Å². The number of hydrogen-bond donors (Lipinski definition) is 1. The summed E-state index contributed by atoms with van der Waals surface area (Å²) < 4.78 is 13.6. The van der Waals surface area contributed by atoms with Crippen molar-refractivity contribution in [3.8, 4) is 11.3 Å². The molecule has 3 nitrogen and oxygen atoms in total. The minimum absolute atomic E-state index is 0.278. The fourth-order valence-corrected chi connectivity index (χ4v) is 1.59. The topological polar surface area (TPSA) is 51.8 Å². The van der Waals surface area contributed by atoms with E-state index in [0.29, 0.717) is 24.2 Å². The van der Waals surface area contributed by atoms with Crippen LogP contribution in [0.5, 0.6) is 0 Å². The Balaban J connectivity index is 2.51. The van der Waals surface area contributed by atoms with E-state index in [-0.39, 0.29) is 5.82 Å². The van der Waals surface area contributed by atoms with E-state index < -0.39 is 0 Å².